The van der Waals surface area contributed by atoms with Gasteiger partial charge in [-0.05, 0) is 13.3 Å². The van der Waals surface area contributed by atoms with E-state index in [-0.39, 0.29) is 11.8 Å². The van der Waals surface area contributed by atoms with Gasteiger partial charge in [-0.1, -0.05) is 0 Å². The number of anilines is 1. The first kappa shape index (κ1) is 12.6. The lowest BCUT2D eigenvalue weighted by Crippen LogP contribution is -2.32. The maximum atomic E-state index is 11.7. The molecule has 2 heterocycles. The van der Waals surface area contributed by atoms with Crippen LogP contribution in [-0.4, -0.2) is 42.6 Å². The van der Waals surface area contributed by atoms with Gasteiger partial charge in [-0.25, -0.2) is 9.97 Å². The molecule has 0 spiro atoms. The number of rotatable bonds is 4. The summed E-state index contributed by atoms with van der Waals surface area (Å²) in [7, 11) is 1.58. The average Bonchev–Trinajstić information content (AvgIpc) is 2.89. The topological polar surface area (TPSA) is 67.4 Å². The maximum absolute atomic E-state index is 11.7. The van der Waals surface area contributed by atoms with Crippen LogP contribution in [0.3, 0.4) is 0 Å². The first-order valence-corrected chi connectivity index (χ1v) is 6.13. The summed E-state index contributed by atoms with van der Waals surface area (Å²) in [5, 5.41) is 2.85. The second-order valence-corrected chi connectivity index (χ2v) is 4.25. The van der Waals surface area contributed by atoms with Gasteiger partial charge < -0.3 is 15.0 Å². The SMILES string of the molecule is CCNC(=O)C1CCN(c2ncc(OC)cn2)C1. The molecule has 6 heteroatoms. The second kappa shape index (κ2) is 5.66. The molecule has 1 aromatic rings. The number of carbonyl (C=O) groups is 1. The number of hydrogen-bond acceptors (Lipinski definition) is 5. The van der Waals surface area contributed by atoms with Gasteiger partial charge >= 0.3 is 0 Å². The first-order chi connectivity index (χ1) is 8.74. The van der Waals surface area contributed by atoms with Crippen LogP contribution in [0, 0.1) is 5.92 Å². The normalized spacial score (nSPS) is 18.8. The third kappa shape index (κ3) is 2.69. The van der Waals surface area contributed by atoms with Crippen LogP contribution in [0.15, 0.2) is 12.4 Å². The van der Waals surface area contributed by atoms with Crippen molar-refractivity contribution in [3.8, 4) is 5.75 Å². The molecule has 1 saturated heterocycles. The molecule has 1 aliphatic heterocycles. The van der Waals surface area contributed by atoms with E-state index in [4.69, 9.17) is 4.74 Å². The fraction of sp³-hybridized carbons (Fsp3) is 0.583. The van der Waals surface area contributed by atoms with E-state index in [1.54, 1.807) is 19.5 Å². The van der Waals surface area contributed by atoms with Crippen LogP contribution in [-0.2, 0) is 4.79 Å². The zero-order chi connectivity index (χ0) is 13.0. The van der Waals surface area contributed by atoms with E-state index in [0.717, 1.165) is 13.0 Å². The van der Waals surface area contributed by atoms with Crippen molar-refractivity contribution in [2.75, 3.05) is 31.6 Å². The van der Waals surface area contributed by atoms with Crippen LogP contribution in [0.2, 0.25) is 0 Å². The Kier molecular flexibility index (Phi) is 3.96. The molecule has 1 unspecified atom stereocenters. The number of amides is 1. The molecule has 1 N–H and O–H groups in total. The van der Waals surface area contributed by atoms with Crippen LogP contribution < -0.4 is 15.0 Å². The Morgan fingerprint density at radius 3 is 2.89 bits per heavy atom. The van der Waals surface area contributed by atoms with E-state index < -0.39 is 0 Å². The van der Waals surface area contributed by atoms with Crippen LogP contribution in [0.4, 0.5) is 5.95 Å². The predicted molar refractivity (Wildman–Crippen MR) is 67.6 cm³/mol. The standard InChI is InChI=1S/C12H18N4O2/c1-3-13-11(17)9-4-5-16(8-9)12-14-6-10(18-2)7-15-12/h6-7,9H,3-5,8H2,1-2H3,(H,13,17). The number of aromatic nitrogens is 2. The molecule has 1 aliphatic rings. The highest BCUT2D eigenvalue weighted by atomic mass is 16.5. The molecule has 0 aromatic carbocycles. The van der Waals surface area contributed by atoms with Crippen molar-refractivity contribution in [2.45, 2.75) is 13.3 Å². The van der Waals surface area contributed by atoms with Crippen molar-refractivity contribution in [3.63, 3.8) is 0 Å². The molecule has 0 aliphatic carbocycles. The summed E-state index contributed by atoms with van der Waals surface area (Å²) in [4.78, 5) is 22.2. The molecular weight excluding hydrogens is 232 g/mol. The molecule has 18 heavy (non-hydrogen) atoms. The van der Waals surface area contributed by atoms with Crippen LogP contribution >= 0.6 is 0 Å². The number of hydrogen-bond donors (Lipinski definition) is 1. The van der Waals surface area contributed by atoms with Gasteiger partial charge in [0.25, 0.3) is 0 Å². The monoisotopic (exact) mass is 250 g/mol. The van der Waals surface area contributed by atoms with Gasteiger partial charge in [-0.15, -0.1) is 0 Å². The molecule has 0 radical (unpaired) electrons. The minimum absolute atomic E-state index is 0.0376. The van der Waals surface area contributed by atoms with E-state index >= 15 is 0 Å². The number of nitrogens with zero attached hydrogens (tertiary/aromatic N) is 3. The summed E-state index contributed by atoms with van der Waals surface area (Å²) in [5.41, 5.74) is 0. The van der Waals surface area contributed by atoms with Crippen molar-refractivity contribution in [2.24, 2.45) is 5.92 Å². The fourth-order valence-electron chi connectivity index (χ4n) is 2.05. The Morgan fingerprint density at radius 1 is 1.56 bits per heavy atom. The molecule has 0 saturated carbocycles. The summed E-state index contributed by atoms with van der Waals surface area (Å²) in [6.45, 7) is 4.10. The highest BCUT2D eigenvalue weighted by Crippen LogP contribution is 2.21. The highest BCUT2D eigenvalue weighted by molar-refractivity contribution is 5.79. The van der Waals surface area contributed by atoms with Crippen LogP contribution in [0.25, 0.3) is 0 Å². The molecule has 1 amide bonds. The number of ether oxygens (including phenoxy) is 1. The van der Waals surface area contributed by atoms with E-state index in [1.165, 1.54) is 0 Å². The summed E-state index contributed by atoms with van der Waals surface area (Å²) in [5.74, 6) is 1.45. The van der Waals surface area contributed by atoms with Gasteiger partial charge in [-0.2, -0.15) is 0 Å². The Bertz CT molecular complexity index is 407. The highest BCUT2D eigenvalue weighted by Gasteiger charge is 2.29. The van der Waals surface area contributed by atoms with Crippen LogP contribution in [0.1, 0.15) is 13.3 Å². The summed E-state index contributed by atoms with van der Waals surface area (Å²) < 4.78 is 5.02. The zero-order valence-corrected chi connectivity index (χ0v) is 10.7. The molecule has 98 valence electrons. The maximum Gasteiger partial charge on any atom is 0.225 e. The number of carbonyl (C=O) groups excluding carboxylic acids is 1. The largest absolute Gasteiger partial charge is 0.494 e. The van der Waals surface area contributed by atoms with E-state index in [2.05, 4.69) is 15.3 Å². The van der Waals surface area contributed by atoms with E-state index in [0.29, 0.717) is 24.8 Å². The molecule has 1 atom stereocenters. The summed E-state index contributed by atoms with van der Waals surface area (Å²) in [6.07, 6.45) is 4.13. The van der Waals surface area contributed by atoms with Gasteiger partial charge in [0.05, 0.1) is 25.4 Å². The smallest absolute Gasteiger partial charge is 0.225 e. The second-order valence-electron chi connectivity index (χ2n) is 4.25. The van der Waals surface area contributed by atoms with Crippen molar-refractivity contribution >= 4 is 11.9 Å². The molecule has 6 nitrogen and oxygen atoms in total. The minimum Gasteiger partial charge on any atom is -0.494 e. The molecular formula is C12H18N4O2. The molecule has 1 fully saturated rings. The van der Waals surface area contributed by atoms with Crippen molar-refractivity contribution in [1.29, 1.82) is 0 Å². The van der Waals surface area contributed by atoms with E-state index in [1.807, 2.05) is 11.8 Å². The Morgan fingerprint density at radius 2 is 2.28 bits per heavy atom. The molecule has 1 aromatic heterocycles. The van der Waals surface area contributed by atoms with E-state index in [9.17, 15) is 4.79 Å². The molecule has 0 bridgehead atoms. The van der Waals surface area contributed by atoms with Gasteiger partial charge in [0, 0.05) is 19.6 Å². The quantitative estimate of drug-likeness (QED) is 0.840. The van der Waals surface area contributed by atoms with Gasteiger partial charge in [0.1, 0.15) is 0 Å². The third-order valence-electron chi connectivity index (χ3n) is 3.04. The van der Waals surface area contributed by atoms with Gasteiger partial charge in [-0.3, -0.25) is 4.79 Å². The van der Waals surface area contributed by atoms with Crippen molar-refractivity contribution < 1.29 is 9.53 Å². The summed E-state index contributed by atoms with van der Waals surface area (Å²) >= 11 is 0. The Labute approximate surface area is 106 Å². The van der Waals surface area contributed by atoms with Crippen molar-refractivity contribution in [1.82, 2.24) is 15.3 Å². The summed E-state index contributed by atoms with van der Waals surface area (Å²) in [6, 6.07) is 0. The lowest BCUT2D eigenvalue weighted by atomic mass is 10.1. The predicted octanol–water partition coefficient (Wildman–Crippen LogP) is 0.448. The first-order valence-electron chi connectivity index (χ1n) is 6.13. The van der Waals surface area contributed by atoms with Crippen LogP contribution in [0.5, 0.6) is 5.75 Å². The Hall–Kier alpha value is -1.85. The third-order valence-corrected chi connectivity index (χ3v) is 3.04. The zero-order valence-electron chi connectivity index (χ0n) is 10.7. The minimum atomic E-state index is 0.0376. The average molecular weight is 250 g/mol. The lowest BCUT2D eigenvalue weighted by Gasteiger charge is -2.16. The number of nitrogens with one attached hydrogen (secondary N) is 1. The fourth-order valence-corrected chi connectivity index (χ4v) is 2.05. The Balaban J connectivity index is 1.97. The molecule has 2 rings (SSSR count). The lowest BCUT2D eigenvalue weighted by molar-refractivity contribution is -0.124. The number of methoxy groups -OCH3 is 1. The van der Waals surface area contributed by atoms with Gasteiger partial charge in [0.15, 0.2) is 5.75 Å². The van der Waals surface area contributed by atoms with Crippen molar-refractivity contribution in [3.05, 3.63) is 12.4 Å². The van der Waals surface area contributed by atoms with Gasteiger partial charge in [0.2, 0.25) is 11.9 Å².